The molecule has 0 radical (unpaired) electrons. The number of nitro groups is 1. The van der Waals surface area contributed by atoms with E-state index in [0.717, 1.165) is 11.1 Å². The molecule has 0 spiro atoms. The maximum absolute atomic E-state index is 13.5. The van der Waals surface area contributed by atoms with Crippen molar-refractivity contribution in [3.8, 4) is 11.8 Å². The van der Waals surface area contributed by atoms with Crippen LogP contribution in [0.25, 0.3) is 0 Å². The van der Waals surface area contributed by atoms with Gasteiger partial charge in [0.15, 0.2) is 12.2 Å². The van der Waals surface area contributed by atoms with E-state index in [0.29, 0.717) is 0 Å². The van der Waals surface area contributed by atoms with E-state index >= 15 is 0 Å². The second-order valence-electron chi connectivity index (χ2n) is 11.2. The maximum Gasteiger partial charge on any atom is 0.509 e. The Morgan fingerprint density at radius 3 is 2.10 bits per heavy atom. The van der Waals surface area contributed by atoms with Crippen molar-refractivity contribution in [3.63, 3.8) is 0 Å². The quantitative estimate of drug-likeness (QED) is 0.0681. The van der Waals surface area contributed by atoms with Crippen LogP contribution in [0.2, 0.25) is 0 Å². The number of carbonyl (C=O) groups excluding carboxylic acids is 3. The van der Waals surface area contributed by atoms with Gasteiger partial charge in [0.05, 0.1) is 56.0 Å². The zero-order valence-electron chi connectivity index (χ0n) is 27.9. The molecule has 6 atom stereocenters. The number of hydrogen-bond acceptors (Lipinski definition) is 12. The third-order valence-electron chi connectivity index (χ3n) is 7.56. The standard InChI is InChI=1S/C37H39NO12/c1-4-45-37(41)48-25(2)15-20-31(50-36(40)28-16-18-29(19-17-28)38(42)43)35-34(47-24-27-13-9-6-10-14-27)32(21-30(49-35)22-33(39)44-3)46-23-26-11-7-5-8-12-26/h5-14,16-19,25,30-32,34-35H,4,21-24H2,1-3H3/t25-,30+,31-,32+,34-,35+/m1/s1. The van der Waals surface area contributed by atoms with Crippen LogP contribution >= 0.6 is 0 Å². The molecule has 0 bridgehead atoms. The van der Waals surface area contributed by atoms with Crippen molar-refractivity contribution in [1.82, 2.24) is 0 Å². The van der Waals surface area contributed by atoms with E-state index < -0.39 is 59.6 Å². The number of ether oxygens (including phenoxy) is 7. The third kappa shape index (κ3) is 11.4. The summed E-state index contributed by atoms with van der Waals surface area (Å²) in [4.78, 5) is 48.5. The van der Waals surface area contributed by atoms with Gasteiger partial charge in [0, 0.05) is 18.6 Å². The maximum atomic E-state index is 13.5. The molecule has 1 aliphatic rings. The largest absolute Gasteiger partial charge is 0.509 e. The van der Waals surface area contributed by atoms with Crippen molar-refractivity contribution in [2.45, 2.75) is 76.5 Å². The molecular formula is C37H39NO12. The molecule has 0 saturated carbocycles. The molecule has 1 heterocycles. The van der Waals surface area contributed by atoms with Crippen molar-refractivity contribution >= 4 is 23.8 Å². The zero-order chi connectivity index (χ0) is 35.9. The monoisotopic (exact) mass is 689 g/mol. The minimum absolute atomic E-state index is 0.0128. The molecule has 4 rings (SSSR count). The van der Waals surface area contributed by atoms with E-state index in [9.17, 15) is 24.5 Å². The average molecular weight is 690 g/mol. The Bertz CT molecular complexity index is 1620. The molecule has 0 amide bonds. The first-order valence-corrected chi connectivity index (χ1v) is 16.0. The molecule has 0 unspecified atom stereocenters. The van der Waals surface area contributed by atoms with E-state index in [4.69, 9.17) is 33.2 Å². The van der Waals surface area contributed by atoms with Gasteiger partial charge < -0.3 is 33.2 Å². The molecule has 13 nitrogen and oxygen atoms in total. The lowest BCUT2D eigenvalue weighted by Crippen LogP contribution is -2.56. The van der Waals surface area contributed by atoms with Crippen LogP contribution in [0.4, 0.5) is 10.5 Å². The zero-order valence-corrected chi connectivity index (χ0v) is 27.9. The first-order valence-electron chi connectivity index (χ1n) is 16.0. The smallest absolute Gasteiger partial charge is 0.469 e. The average Bonchev–Trinajstić information content (AvgIpc) is 3.12. The van der Waals surface area contributed by atoms with Crippen molar-refractivity contribution in [2.24, 2.45) is 0 Å². The van der Waals surface area contributed by atoms with Crippen LogP contribution in [0, 0.1) is 22.0 Å². The minimum Gasteiger partial charge on any atom is -0.469 e. The second-order valence-corrected chi connectivity index (χ2v) is 11.2. The Morgan fingerprint density at radius 1 is 0.900 bits per heavy atom. The number of nitrogens with zero attached hydrogens (tertiary/aromatic N) is 1. The van der Waals surface area contributed by atoms with Crippen LogP contribution < -0.4 is 0 Å². The normalized spacial score (nSPS) is 19.5. The summed E-state index contributed by atoms with van der Waals surface area (Å²) in [6.07, 6.45) is -6.64. The predicted octanol–water partition coefficient (Wildman–Crippen LogP) is 5.58. The highest BCUT2D eigenvalue weighted by Crippen LogP contribution is 2.32. The van der Waals surface area contributed by atoms with Crippen molar-refractivity contribution in [3.05, 3.63) is 112 Å². The number of methoxy groups -OCH3 is 1. The van der Waals surface area contributed by atoms with Crippen LogP contribution in [-0.2, 0) is 51.2 Å². The highest BCUT2D eigenvalue weighted by molar-refractivity contribution is 5.90. The first kappa shape index (κ1) is 37.5. The Balaban J connectivity index is 1.72. The van der Waals surface area contributed by atoms with Crippen LogP contribution in [0.1, 0.15) is 48.2 Å². The Labute approximate surface area is 289 Å². The number of esters is 2. The summed E-state index contributed by atoms with van der Waals surface area (Å²) in [6.45, 7) is 3.57. The Morgan fingerprint density at radius 2 is 1.52 bits per heavy atom. The topological polar surface area (TPSA) is 159 Å². The number of rotatable bonds is 14. The number of nitro benzene ring substituents is 1. The summed E-state index contributed by atoms with van der Waals surface area (Å²) in [5.41, 5.74) is 1.55. The van der Waals surface area contributed by atoms with Gasteiger partial charge in [-0.2, -0.15) is 0 Å². The molecule has 1 aliphatic heterocycles. The summed E-state index contributed by atoms with van der Waals surface area (Å²) in [5.74, 6) is 4.26. The van der Waals surface area contributed by atoms with Crippen molar-refractivity contribution in [2.75, 3.05) is 13.7 Å². The lowest BCUT2D eigenvalue weighted by Gasteiger charge is -2.43. The van der Waals surface area contributed by atoms with E-state index in [1.165, 1.54) is 38.3 Å². The SMILES string of the molecule is CCOC(=O)O[C@H](C)C#C[C@@H](OC(=O)c1ccc([N+](=O)[O-])cc1)[C@@H]1O[C@H](CC(=O)OC)C[C@H](OCc2ccccc2)[C@H]1OCc1ccccc1. The molecule has 1 fully saturated rings. The van der Waals surface area contributed by atoms with E-state index in [1.54, 1.807) is 6.92 Å². The van der Waals surface area contributed by atoms with Crippen molar-refractivity contribution < 1.29 is 52.5 Å². The molecule has 13 heteroatoms. The molecule has 50 heavy (non-hydrogen) atoms. The molecule has 0 aromatic heterocycles. The van der Waals surface area contributed by atoms with Gasteiger partial charge in [-0.3, -0.25) is 14.9 Å². The molecular weight excluding hydrogens is 650 g/mol. The van der Waals surface area contributed by atoms with Gasteiger partial charge in [0.25, 0.3) is 5.69 Å². The fourth-order valence-electron chi connectivity index (χ4n) is 5.12. The lowest BCUT2D eigenvalue weighted by molar-refractivity contribution is -0.384. The van der Waals surface area contributed by atoms with Crippen LogP contribution in [0.3, 0.4) is 0 Å². The summed E-state index contributed by atoms with van der Waals surface area (Å²) in [7, 11) is 1.27. The van der Waals surface area contributed by atoms with Crippen molar-refractivity contribution in [1.29, 1.82) is 0 Å². The minimum atomic E-state index is -1.37. The fraction of sp³-hybridized carbons (Fsp3) is 0.378. The molecule has 3 aromatic carbocycles. The number of hydrogen-bond donors (Lipinski definition) is 0. The van der Waals surface area contributed by atoms with E-state index in [1.807, 2.05) is 60.7 Å². The van der Waals surface area contributed by atoms with Gasteiger partial charge in [0.2, 0.25) is 0 Å². The molecule has 3 aromatic rings. The van der Waals surface area contributed by atoms with Gasteiger partial charge in [-0.1, -0.05) is 72.5 Å². The van der Waals surface area contributed by atoms with Crippen LogP contribution in [0.5, 0.6) is 0 Å². The summed E-state index contributed by atoms with van der Waals surface area (Å²) >= 11 is 0. The molecule has 0 aliphatic carbocycles. The highest BCUT2D eigenvalue weighted by Gasteiger charge is 2.46. The number of benzene rings is 3. The highest BCUT2D eigenvalue weighted by atomic mass is 16.7. The number of non-ortho nitro benzene ring substituents is 1. The Kier molecular flexibility index (Phi) is 14.3. The van der Waals surface area contributed by atoms with Gasteiger partial charge >= 0.3 is 18.1 Å². The van der Waals surface area contributed by atoms with E-state index in [2.05, 4.69) is 11.8 Å². The van der Waals surface area contributed by atoms with Crippen LogP contribution in [0.15, 0.2) is 84.9 Å². The van der Waals surface area contributed by atoms with Gasteiger partial charge in [-0.05, 0) is 37.1 Å². The fourth-order valence-corrected chi connectivity index (χ4v) is 5.12. The van der Waals surface area contributed by atoms with Crippen LogP contribution in [-0.4, -0.2) is 73.4 Å². The Hall–Kier alpha value is -5.29. The molecule has 0 N–H and O–H groups in total. The number of carbonyl (C=O) groups is 3. The van der Waals surface area contributed by atoms with Gasteiger partial charge in [0.1, 0.15) is 12.2 Å². The van der Waals surface area contributed by atoms with E-state index in [-0.39, 0.29) is 43.9 Å². The summed E-state index contributed by atoms with van der Waals surface area (Å²) in [6, 6.07) is 23.7. The predicted molar refractivity (Wildman–Crippen MR) is 178 cm³/mol. The lowest BCUT2D eigenvalue weighted by atomic mass is 9.92. The molecule has 264 valence electrons. The second kappa shape index (κ2) is 19.0. The summed E-state index contributed by atoms with van der Waals surface area (Å²) < 4.78 is 40.2. The summed E-state index contributed by atoms with van der Waals surface area (Å²) in [5, 5.41) is 11.2. The van der Waals surface area contributed by atoms with Gasteiger partial charge in [-0.15, -0.1) is 0 Å². The van der Waals surface area contributed by atoms with Gasteiger partial charge in [-0.25, -0.2) is 9.59 Å². The molecule has 1 saturated heterocycles. The first-order chi connectivity index (χ1) is 24.2. The third-order valence-corrected chi connectivity index (χ3v) is 7.56.